The Hall–Kier alpha value is -1.97. The third-order valence-electron chi connectivity index (χ3n) is 2.23. The van der Waals surface area contributed by atoms with Crippen LogP contribution >= 0.6 is 0 Å². The van der Waals surface area contributed by atoms with Crippen LogP contribution in [0.1, 0.15) is 6.92 Å². The van der Waals surface area contributed by atoms with Gasteiger partial charge in [0.05, 0.1) is 5.52 Å². The number of carbonyl (C=O) groups is 1. The third kappa shape index (κ3) is 1.66. The topological polar surface area (TPSA) is 51.5 Å². The lowest BCUT2D eigenvalue weighted by atomic mass is 10.2. The van der Waals surface area contributed by atoms with Gasteiger partial charge in [-0.2, -0.15) is 0 Å². The third-order valence-corrected chi connectivity index (χ3v) is 2.23. The van der Waals surface area contributed by atoms with Crippen molar-refractivity contribution in [1.82, 2.24) is 4.57 Å². The first kappa shape index (κ1) is 9.58. The largest absolute Gasteiger partial charge is 0.508 e. The van der Waals surface area contributed by atoms with Crippen LogP contribution in [0.4, 0.5) is 0 Å². The molecule has 4 heteroatoms. The Balaban J connectivity index is 2.59. The number of carbonyl (C=O) groups excluding carboxylic acids is 1. The van der Waals surface area contributed by atoms with E-state index in [-0.39, 0.29) is 11.7 Å². The molecular weight excluding hydrogens is 194 g/mol. The van der Waals surface area contributed by atoms with Crippen LogP contribution in [0.15, 0.2) is 24.3 Å². The number of hydrogen-bond acceptors (Lipinski definition) is 3. The van der Waals surface area contributed by atoms with E-state index < -0.39 is 0 Å². The molecule has 0 fully saturated rings. The van der Waals surface area contributed by atoms with E-state index in [2.05, 4.69) is 0 Å². The van der Waals surface area contributed by atoms with Crippen LogP contribution in [0.3, 0.4) is 0 Å². The lowest BCUT2D eigenvalue weighted by molar-refractivity contribution is -0.132. The average Bonchev–Trinajstić information content (AvgIpc) is 2.44. The molecule has 0 saturated carbocycles. The van der Waals surface area contributed by atoms with Gasteiger partial charge in [-0.05, 0) is 12.1 Å². The first-order valence-electron chi connectivity index (χ1n) is 4.55. The smallest absolute Gasteiger partial charge is 0.309 e. The van der Waals surface area contributed by atoms with Gasteiger partial charge < -0.3 is 14.4 Å². The molecular formula is C11H11NO3. The second-order valence-electron chi connectivity index (χ2n) is 3.38. The van der Waals surface area contributed by atoms with Crippen molar-refractivity contribution in [2.75, 3.05) is 0 Å². The first-order chi connectivity index (χ1) is 7.08. The Morgan fingerprint density at radius 2 is 2.13 bits per heavy atom. The van der Waals surface area contributed by atoms with E-state index >= 15 is 0 Å². The van der Waals surface area contributed by atoms with Gasteiger partial charge >= 0.3 is 5.97 Å². The molecule has 0 amide bonds. The molecule has 15 heavy (non-hydrogen) atoms. The molecule has 4 nitrogen and oxygen atoms in total. The summed E-state index contributed by atoms with van der Waals surface area (Å²) in [4.78, 5) is 10.8. The molecule has 0 saturated heterocycles. The number of nitrogens with zero attached hydrogens (tertiary/aromatic N) is 1. The van der Waals surface area contributed by atoms with Crippen LogP contribution in [0, 0.1) is 0 Å². The van der Waals surface area contributed by atoms with E-state index in [9.17, 15) is 9.90 Å². The summed E-state index contributed by atoms with van der Waals surface area (Å²) in [6.07, 6.45) is 0. The minimum atomic E-state index is -0.356. The van der Waals surface area contributed by atoms with E-state index in [4.69, 9.17) is 4.74 Å². The second-order valence-corrected chi connectivity index (χ2v) is 3.38. The first-order valence-corrected chi connectivity index (χ1v) is 4.55. The second kappa shape index (κ2) is 3.31. The fourth-order valence-electron chi connectivity index (χ4n) is 1.54. The Labute approximate surface area is 86.7 Å². The zero-order chi connectivity index (χ0) is 11.0. The summed E-state index contributed by atoms with van der Waals surface area (Å²) in [7, 11) is 1.78. The number of fused-ring (bicyclic) bond motifs is 1. The predicted octanol–water partition coefficient (Wildman–Crippen LogP) is 1.81. The molecule has 0 aliphatic carbocycles. The number of aromatic nitrogens is 1. The molecule has 0 unspecified atom stereocenters. The molecule has 1 aromatic carbocycles. The normalized spacial score (nSPS) is 10.5. The van der Waals surface area contributed by atoms with Gasteiger partial charge in [0, 0.05) is 31.5 Å². The molecule has 0 atom stereocenters. The van der Waals surface area contributed by atoms with Crippen molar-refractivity contribution in [3.8, 4) is 11.6 Å². The monoisotopic (exact) mass is 205 g/mol. The van der Waals surface area contributed by atoms with Gasteiger partial charge in [-0.15, -0.1) is 0 Å². The summed E-state index contributed by atoms with van der Waals surface area (Å²) in [5.74, 6) is 0.311. The van der Waals surface area contributed by atoms with Crippen molar-refractivity contribution >= 4 is 16.9 Å². The Bertz CT molecular complexity index is 528. The van der Waals surface area contributed by atoms with Gasteiger partial charge in [-0.25, -0.2) is 0 Å². The minimum Gasteiger partial charge on any atom is -0.508 e. The molecule has 78 valence electrons. The van der Waals surface area contributed by atoms with E-state index in [1.807, 2.05) is 0 Å². The number of esters is 1. The lowest BCUT2D eigenvalue weighted by Gasteiger charge is -2.02. The van der Waals surface area contributed by atoms with Crippen molar-refractivity contribution in [2.45, 2.75) is 6.92 Å². The summed E-state index contributed by atoms with van der Waals surface area (Å²) < 4.78 is 6.73. The summed E-state index contributed by atoms with van der Waals surface area (Å²) in [6, 6.07) is 6.76. The zero-order valence-electron chi connectivity index (χ0n) is 8.52. The summed E-state index contributed by atoms with van der Waals surface area (Å²) in [5, 5.41) is 10.2. The van der Waals surface area contributed by atoms with Gasteiger partial charge in [0.1, 0.15) is 5.75 Å². The molecule has 0 spiro atoms. The molecule has 2 rings (SSSR count). The zero-order valence-corrected chi connectivity index (χ0v) is 8.52. The molecule has 0 aliphatic heterocycles. The van der Waals surface area contributed by atoms with E-state index in [0.29, 0.717) is 5.88 Å². The number of aryl methyl sites for hydroxylation is 1. The maximum Gasteiger partial charge on any atom is 0.309 e. The van der Waals surface area contributed by atoms with Crippen molar-refractivity contribution in [2.24, 2.45) is 7.05 Å². The highest BCUT2D eigenvalue weighted by Gasteiger charge is 2.08. The Kier molecular flexibility index (Phi) is 2.11. The van der Waals surface area contributed by atoms with Crippen molar-refractivity contribution < 1.29 is 14.6 Å². The van der Waals surface area contributed by atoms with Gasteiger partial charge in [-0.1, -0.05) is 0 Å². The fraction of sp³-hybridized carbons (Fsp3) is 0.182. The molecule has 1 heterocycles. The van der Waals surface area contributed by atoms with Crippen LogP contribution in [-0.2, 0) is 11.8 Å². The van der Waals surface area contributed by atoms with Crippen molar-refractivity contribution in [3.63, 3.8) is 0 Å². The molecule has 2 aromatic rings. The summed E-state index contributed by atoms with van der Waals surface area (Å²) >= 11 is 0. The predicted molar refractivity (Wildman–Crippen MR) is 55.9 cm³/mol. The van der Waals surface area contributed by atoms with Crippen LogP contribution in [0.2, 0.25) is 0 Å². The fourth-order valence-corrected chi connectivity index (χ4v) is 1.54. The summed E-state index contributed by atoms with van der Waals surface area (Å²) in [6.45, 7) is 1.36. The highest BCUT2D eigenvalue weighted by molar-refractivity contribution is 5.84. The van der Waals surface area contributed by atoms with Crippen molar-refractivity contribution in [3.05, 3.63) is 24.3 Å². The molecule has 1 aromatic heterocycles. The molecule has 0 aliphatic rings. The number of rotatable bonds is 1. The number of phenols is 1. The van der Waals surface area contributed by atoms with E-state index in [1.54, 1.807) is 35.9 Å². The van der Waals surface area contributed by atoms with Gasteiger partial charge in [0.25, 0.3) is 0 Å². The van der Waals surface area contributed by atoms with Gasteiger partial charge in [0.15, 0.2) is 0 Å². The van der Waals surface area contributed by atoms with Gasteiger partial charge in [-0.3, -0.25) is 4.79 Å². The summed E-state index contributed by atoms with van der Waals surface area (Å²) in [5.41, 5.74) is 0.825. The lowest BCUT2D eigenvalue weighted by Crippen LogP contribution is -2.04. The maximum absolute atomic E-state index is 10.8. The Morgan fingerprint density at radius 3 is 2.80 bits per heavy atom. The molecule has 0 bridgehead atoms. The van der Waals surface area contributed by atoms with Crippen LogP contribution in [-0.4, -0.2) is 15.6 Å². The van der Waals surface area contributed by atoms with E-state index in [0.717, 1.165) is 10.9 Å². The quantitative estimate of drug-likeness (QED) is 0.722. The SMILES string of the molecule is CC(=O)Oc1cc2ccc(O)cc2n1C. The standard InChI is InChI=1S/C11H11NO3/c1-7(13)15-11-5-8-3-4-9(14)6-10(8)12(11)2/h3-6,14H,1-2H3. The number of benzene rings is 1. The van der Waals surface area contributed by atoms with Crippen LogP contribution < -0.4 is 4.74 Å². The number of ether oxygens (including phenoxy) is 1. The highest BCUT2D eigenvalue weighted by Crippen LogP contribution is 2.27. The van der Waals surface area contributed by atoms with Crippen molar-refractivity contribution in [1.29, 1.82) is 0 Å². The van der Waals surface area contributed by atoms with E-state index in [1.165, 1.54) is 6.92 Å². The average molecular weight is 205 g/mol. The Morgan fingerprint density at radius 1 is 1.40 bits per heavy atom. The maximum atomic E-state index is 10.8. The number of aromatic hydroxyl groups is 1. The minimum absolute atomic E-state index is 0.193. The number of phenolic OH excluding ortho intramolecular Hbond substituents is 1. The van der Waals surface area contributed by atoms with Crippen LogP contribution in [0.25, 0.3) is 10.9 Å². The highest BCUT2D eigenvalue weighted by atomic mass is 16.5. The van der Waals surface area contributed by atoms with Gasteiger partial charge in [0.2, 0.25) is 5.88 Å². The molecule has 1 N–H and O–H groups in total. The number of hydrogen-bond donors (Lipinski definition) is 1. The van der Waals surface area contributed by atoms with Crippen LogP contribution in [0.5, 0.6) is 11.6 Å². The molecule has 0 radical (unpaired) electrons.